The van der Waals surface area contributed by atoms with E-state index >= 15 is 0 Å². The van der Waals surface area contributed by atoms with Crippen LogP contribution in [0.15, 0.2) is 10.1 Å². The summed E-state index contributed by atoms with van der Waals surface area (Å²) in [5.74, 6) is 0. The van der Waals surface area contributed by atoms with Gasteiger partial charge in [0, 0.05) is 11.1 Å². The van der Waals surface area contributed by atoms with Gasteiger partial charge in [-0.15, -0.1) is 11.3 Å². The molecule has 0 aliphatic rings. The number of alkyl halides is 3. The lowest BCUT2D eigenvalue weighted by Crippen LogP contribution is -2.10. The van der Waals surface area contributed by atoms with Gasteiger partial charge in [0.1, 0.15) is 0 Å². The molecule has 6 heteroatoms. The van der Waals surface area contributed by atoms with Crippen molar-refractivity contribution in [2.24, 2.45) is 0 Å². The molecule has 62 valence electrons. The van der Waals surface area contributed by atoms with Crippen LogP contribution in [0, 0.1) is 0 Å². The van der Waals surface area contributed by atoms with Crippen LogP contribution >= 0.6 is 27.3 Å². The van der Waals surface area contributed by atoms with Crippen LogP contribution in [0.25, 0.3) is 0 Å². The predicted octanol–water partition coefficient (Wildman–Crippen LogP) is 3.01. The minimum absolute atomic E-state index is 0.226. The van der Waals surface area contributed by atoms with Crippen molar-refractivity contribution in [1.82, 2.24) is 4.98 Å². The largest absolute Gasteiger partial charge is 0.393 e. The standard InChI is InChI=1S/C5H3BrF3NS/c6-4-10-2-3(11-4)1-5(7,8)9/h2H,1H2. The molecule has 0 N–H and O–H groups in total. The minimum atomic E-state index is -4.13. The van der Waals surface area contributed by atoms with Crippen LogP contribution < -0.4 is 0 Å². The summed E-state index contributed by atoms with van der Waals surface area (Å²) in [7, 11) is 0. The molecule has 0 saturated carbocycles. The van der Waals surface area contributed by atoms with Gasteiger partial charge in [-0.1, -0.05) is 0 Å². The van der Waals surface area contributed by atoms with E-state index in [4.69, 9.17) is 0 Å². The van der Waals surface area contributed by atoms with E-state index in [2.05, 4.69) is 20.9 Å². The maximum Gasteiger partial charge on any atom is 0.393 e. The first-order valence-electron chi connectivity index (χ1n) is 2.64. The number of aromatic nitrogens is 1. The highest BCUT2D eigenvalue weighted by Crippen LogP contribution is 2.26. The Balaban J connectivity index is 2.65. The second-order valence-electron chi connectivity index (χ2n) is 1.87. The van der Waals surface area contributed by atoms with Gasteiger partial charge in [0.2, 0.25) is 0 Å². The fraction of sp³-hybridized carbons (Fsp3) is 0.400. The van der Waals surface area contributed by atoms with Crippen LogP contribution in [0.3, 0.4) is 0 Å². The summed E-state index contributed by atoms with van der Waals surface area (Å²) in [6.45, 7) is 0. The molecule has 0 aromatic carbocycles. The van der Waals surface area contributed by atoms with E-state index in [0.29, 0.717) is 3.92 Å². The van der Waals surface area contributed by atoms with Gasteiger partial charge in [-0.2, -0.15) is 13.2 Å². The number of hydrogen-bond donors (Lipinski definition) is 0. The van der Waals surface area contributed by atoms with Crippen molar-refractivity contribution >= 4 is 27.3 Å². The van der Waals surface area contributed by atoms with E-state index in [1.54, 1.807) is 0 Å². The Bertz CT molecular complexity index is 244. The monoisotopic (exact) mass is 245 g/mol. The molecule has 0 spiro atoms. The summed E-state index contributed by atoms with van der Waals surface area (Å²) in [5, 5.41) is 0. The maximum atomic E-state index is 11.7. The quantitative estimate of drug-likeness (QED) is 0.742. The fourth-order valence-electron chi connectivity index (χ4n) is 0.563. The molecule has 0 atom stereocenters. The highest BCUT2D eigenvalue weighted by molar-refractivity contribution is 9.11. The minimum Gasteiger partial charge on any atom is -0.237 e. The SMILES string of the molecule is FC(F)(F)Cc1cnc(Br)s1. The number of halogens is 4. The van der Waals surface area contributed by atoms with Crippen molar-refractivity contribution in [3.63, 3.8) is 0 Å². The highest BCUT2D eigenvalue weighted by Gasteiger charge is 2.28. The Hall–Kier alpha value is -0.100. The first-order valence-corrected chi connectivity index (χ1v) is 4.25. The van der Waals surface area contributed by atoms with Gasteiger partial charge in [0.05, 0.1) is 6.42 Å². The van der Waals surface area contributed by atoms with Crippen LogP contribution in [0.4, 0.5) is 13.2 Å². The average Bonchev–Trinajstić information content (AvgIpc) is 2.10. The van der Waals surface area contributed by atoms with Gasteiger partial charge in [0.25, 0.3) is 0 Å². The van der Waals surface area contributed by atoms with E-state index < -0.39 is 12.6 Å². The van der Waals surface area contributed by atoms with Crippen LogP contribution in [0.5, 0.6) is 0 Å². The summed E-state index contributed by atoms with van der Waals surface area (Å²) < 4.78 is 35.6. The number of nitrogens with zero attached hydrogens (tertiary/aromatic N) is 1. The van der Waals surface area contributed by atoms with Crippen LogP contribution in [0.1, 0.15) is 4.88 Å². The van der Waals surface area contributed by atoms with Crippen molar-refractivity contribution in [3.05, 3.63) is 15.0 Å². The molecular weight excluding hydrogens is 243 g/mol. The second-order valence-corrected chi connectivity index (χ2v) is 4.26. The molecule has 0 fully saturated rings. The van der Waals surface area contributed by atoms with Crippen molar-refractivity contribution in [2.45, 2.75) is 12.6 Å². The number of rotatable bonds is 1. The summed E-state index contributed by atoms with van der Waals surface area (Å²) >= 11 is 3.98. The number of thiazole rings is 1. The predicted molar refractivity (Wildman–Crippen MR) is 39.6 cm³/mol. The fourth-order valence-corrected chi connectivity index (χ4v) is 1.95. The zero-order valence-corrected chi connectivity index (χ0v) is 7.55. The zero-order valence-electron chi connectivity index (χ0n) is 5.15. The smallest absolute Gasteiger partial charge is 0.237 e. The topological polar surface area (TPSA) is 12.9 Å². The molecule has 0 radical (unpaired) electrons. The molecule has 1 aromatic heterocycles. The van der Waals surface area contributed by atoms with Crippen LogP contribution in [0.2, 0.25) is 0 Å². The Morgan fingerprint density at radius 2 is 2.18 bits per heavy atom. The molecule has 0 aliphatic carbocycles. The van der Waals surface area contributed by atoms with Crippen LogP contribution in [-0.4, -0.2) is 11.2 Å². The molecule has 0 bridgehead atoms. The Morgan fingerprint density at radius 3 is 2.55 bits per heavy atom. The molecular formula is C5H3BrF3NS. The van der Waals surface area contributed by atoms with Gasteiger partial charge in [-0.3, -0.25) is 0 Å². The Morgan fingerprint density at radius 1 is 1.55 bits per heavy atom. The highest BCUT2D eigenvalue weighted by atomic mass is 79.9. The van der Waals surface area contributed by atoms with Crippen LogP contribution in [-0.2, 0) is 6.42 Å². The van der Waals surface area contributed by atoms with Gasteiger partial charge in [0.15, 0.2) is 3.92 Å². The van der Waals surface area contributed by atoms with Gasteiger partial charge >= 0.3 is 6.18 Å². The van der Waals surface area contributed by atoms with Gasteiger partial charge in [-0.25, -0.2) is 4.98 Å². The third-order valence-corrected chi connectivity index (χ3v) is 2.38. The molecule has 0 aliphatic heterocycles. The Kier molecular flexibility index (Phi) is 2.54. The lowest BCUT2D eigenvalue weighted by Gasteiger charge is -2.01. The van der Waals surface area contributed by atoms with Gasteiger partial charge < -0.3 is 0 Å². The van der Waals surface area contributed by atoms with Crippen molar-refractivity contribution in [2.75, 3.05) is 0 Å². The molecule has 1 nitrogen and oxygen atoms in total. The third kappa shape index (κ3) is 3.20. The Labute approximate surface area is 73.4 Å². The molecule has 0 amide bonds. The lowest BCUT2D eigenvalue weighted by molar-refractivity contribution is -0.126. The first-order chi connectivity index (χ1) is 4.97. The molecule has 0 saturated heterocycles. The summed E-state index contributed by atoms with van der Waals surface area (Å²) in [5.41, 5.74) is 0. The van der Waals surface area contributed by atoms with Gasteiger partial charge in [-0.05, 0) is 15.9 Å². The first kappa shape index (κ1) is 8.99. The average molecular weight is 246 g/mol. The summed E-state index contributed by atoms with van der Waals surface area (Å²) in [6, 6.07) is 0. The summed E-state index contributed by atoms with van der Waals surface area (Å²) in [6.07, 6.45) is -3.80. The molecule has 11 heavy (non-hydrogen) atoms. The second kappa shape index (κ2) is 3.10. The molecule has 1 rings (SSSR count). The number of hydrogen-bond acceptors (Lipinski definition) is 2. The van der Waals surface area contributed by atoms with E-state index in [1.165, 1.54) is 6.20 Å². The van der Waals surface area contributed by atoms with E-state index in [0.717, 1.165) is 11.3 Å². The van der Waals surface area contributed by atoms with Crippen molar-refractivity contribution in [3.8, 4) is 0 Å². The van der Waals surface area contributed by atoms with Crippen molar-refractivity contribution < 1.29 is 13.2 Å². The van der Waals surface area contributed by atoms with E-state index in [-0.39, 0.29) is 4.88 Å². The normalized spacial score (nSPS) is 12.0. The lowest BCUT2D eigenvalue weighted by atomic mass is 10.4. The molecule has 1 aromatic rings. The third-order valence-electron chi connectivity index (χ3n) is 0.900. The van der Waals surface area contributed by atoms with E-state index in [1.807, 2.05) is 0 Å². The summed E-state index contributed by atoms with van der Waals surface area (Å²) in [4.78, 5) is 3.86. The molecule has 0 unspecified atom stereocenters. The maximum absolute atomic E-state index is 11.7. The zero-order chi connectivity index (χ0) is 8.48. The van der Waals surface area contributed by atoms with E-state index in [9.17, 15) is 13.2 Å². The van der Waals surface area contributed by atoms with Crippen molar-refractivity contribution in [1.29, 1.82) is 0 Å². The molecule has 1 heterocycles.